The number of carbonyl (C=O) groups excluding carboxylic acids is 1. The van der Waals surface area contributed by atoms with E-state index in [4.69, 9.17) is 0 Å². The fraction of sp³-hybridized carbons (Fsp3) is 0.400. The number of thioether (sulfide) groups is 1. The number of amides is 1. The van der Waals surface area contributed by atoms with Crippen LogP contribution in [-0.2, 0) is 28.0 Å². The molecule has 0 fully saturated rings. The summed E-state index contributed by atoms with van der Waals surface area (Å²) < 4.78 is 64.4. The molecule has 2 aromatic rings. The van der Waals surface area contributed by atoms with Crippen LogP contribution >= 0.6 is 11.8 Å². The first-order valence-corrected chi connectivity index (χ1v) is 10.2. The van der Waals surface area contributed by atoms with Crippen molar-refractivity contribution in [1.82, 2.24) is 19.1 Å². The predicted octanol–water partition coefficient (Wildman–Crippen LogP) is 2.12. The van der Waals surface area contributed by atoms with Crippen molar-refractivity contribution in [3.8, 4) is 0 Å². The van der Waals surface area contributed by atoms with Crippen LogP contribution in [0.15, 0.2) is 28.3 Å². The van der Waals surface area contributed by atoms with Crippen LogP contribution in [0.3, 0.4) is 0 Å². The highest BCUT2D eigenvalue weighted by molar-refractivity contribution is 7.99. The number of nitrogens with one attached hydrogen (secondary N) is 1. The Morgan fingerprint density at radius 2 is 1.93 bits per heavy atom. The molecule has 13 heteroatoms. The Morgan fingerprint density at radius 3 is 2.46 bits per heavy atom. The predicted molar refractivity (Wildman–Crippen MR) is 97.4 cm³/mol. The topological polar surface area (TPSA) is 97.2 Å². The molecule has 2 rings (SSSR count). The molecule has 0 atom stereocenters. The van der Waals surface area contributed by atoms with Gasteiger partial charge in [0.15, 0.2) is 5.16 Å². The highest BCUT2D eigenvalue weighted by Crippen LogP contribution is 2.29. The van der Waals surface area contributed by atoms with Gasteiger partial charge in [-0.25, -0.2) is 12.7 Å². The number of anilines is 1. The number of nitrogens with zero attached hydrogens (tertiary/aromatic N) is 4. The zero-order valence-corrected chi connectivity index (χ0v) is 17.0. The molecule has 0 saturated heterocycles. The van der Waals surface area contributed by atoms with Crippen molar-refractivity contribution >= 4 is 33.4 Å². The number of carbonyl (C=O) groups is 1. The molecule has 1 heterocycles. The Bertz CT molecular complexity index is 987. The number of hydrogen-bond donors (Lipinski definition) is 1. The fourth-order valence-corrected chi connectivity index (χ4v) is 3.75. The maximum Gasteiger partial charge on any atom is 0.451 e. The van der Waals surface area contributed by atoms with E-state index in [0.29, 0.717) is 11.3 Å². The zero-order valence-electron chi connectivity index (χ0n) is 15.4. The molecule has 154 valence electrons. The smallest absolute Gasteiger partial charge is 0.325 e. The number of alkyl halides is 3. The number of benzene rings is 1. The van der Waals surface area contributed by atoms with E-state index in [-0.39, 0.29) is 15.8 Å². The Kier molecular flexibility index (Phi) is 6.41. The number of aromatic nitrogens is 3. The van der Waals surface area contributed by atoms with Crippen molar-refractivity contribution in [1.29, 1.82) is 0 Å². The lowest BCUT2D eigenvalue weighted by molar-refractivity contribution is -0.147. The third-order valence-corrected chi connectivity index (χ3v) is 6.51. The van der Waals surface area contributed by atoms with E-state index in [1.54, 1.807) is 13.0 Å². The molecular weight excluding hydrogens is 419 g/mol. The molecule has 0 aliphatic rings. The Balaban J connectivity index is 2.11. The maximum absolute atomic E-state index is 12.7. The van der Waals surface area contributed by atoms with Crippen LogP contribution in [-0.4, -0.2) is 53.2 Å². The lowest BCUT2D eigenvalue weighted by atomic mass is 10.2. The van der Waals surface area contributed by atoms with E-state index in [1.807, 2.05) is 0 Å². The summed E-state index contributed by atoms with van der Waals surface area (Å²) in [5, 5.41) is 9.02. The molecule has 1 aromatic heterocycles. The standard InChI is InChI=1S/C15H18F3N5O3S2/c1-9-5-6-10(28(25,26)22(2)3)7-11(9)19-12(24)8-27-14-21-20-13(23(14)4)15(16,17)18/h5-7H,8H2,1-4H3,(H,19,24). The van der Waals surface area contributed by atoms with Gasteiger partial charge in [-0.2, -0.15) is 13.2 Å². The molecule has 1 amide bonds. The minimum absolute atomic E-state index is 0.00849. The number of hydrogen-bond acceptors (Lipinski definition) is 6. The molecule has 0 aliphatic heterocycles. The van der Waals surface area contributed by atoms with Crippen molar-refractivity contribution in [2.75, 3.05) is 25.2 Å². The molecule has 0 aliphatic carbocycles. The van der Waals surface area contributed by atoms with E-state index >= 15 is 0 Å². The second kappa shape index (κ2) is 8.09. The number of sulfonamides is 1. The number of rotatable bonds is 6. The third kappa shape index (κ3) is 4.83. The monoisotopic (exact) mass is 437 g/mol. The molecule has 28 heavy (non-hydrogen) atoms. The van der Waals surface area contributed by atoms with Gasteiger partial charge < -0.3 is 9.88 Å². The number of halogens is 3. The zero-order chi connectivity index (χ0) is 21.3. The normalized spacial score (nSPS) is 12.4. The first-order valence-electron chi connectivity index (χ1n) is 7.76. The minimum atomic E-state index is -4.64. The highest BCUT2D eigenvalue weighted by atomic mass is 32.2. The summed E-state index contributed by atoms with van der Waals surface area (Å²) in [6.45, 7) is 1.69. The van der Waals surface area contributed by atoms with Gasteiger partial charge >= 0.3 is 6.18 Å². The molecule has 1 aromatic carbocycles. The van der Waals surface area contributed by atoms with Gasteiger partial charge in [0.2, 0.25) is 21.8 Å². The minimum Gasteiger partial charge on any atom is -0.325 e. The van der Waals surface area contributed by atoms with Crippen molar-refractivity contribution in [3.63, 3.8) is 0 Å². The van der Waals surface area contributed by atoms with Crippen LogP contribution in [0.25, 0.3) is 0 Å². The highest BCUT2D eigenvalue weighted by Gasteiger charge is 2.37. The van der Waals surface area contributed by atoms with Crippen LogP contribution in [0.1, 0.15) is 11.4 Å². The molecule has 0 bridgehead atoms. The van der Waals surface area contributed by atoms with Crippen LogP contribution in [0.2, 0.25) is 0 Å². The SMILES string of the molecule is Cc1ccc(S(=O)(=O)N(C)C)cc1NC(=O)CSc1nnc(C(F)(F)F)n1C. The van der Waals surface area contributed by atoms with E-state index in [2.05, 4.69) is 15.5 Å². The van der Waals surface area contributed by atoms with E-state index < -0.39 is 27.9 Å². The van der Waals surface area contributed by atoms with Crippen molar-refractivity contribution in [3.05, 3.63) is 29.6 Å². The van der Waals surface area contributed by atoms with E-state index in [1.165, 1.54) is 26.2 Å². The molecule has 0 radical (unpaired) electrons. The van der Waals surface area contributed by atoms with Gasteiger partial charge in [0.1, 0.15) is 0 Å². The molecule has 0 spiro atoms. The van der Waals surface area contributed by atoms with Gasteiger partial charge in [-0.1, -0.05) is 17.8 Å². The van der Waals surface area contributed by atoms with Gasteiger partial charge in [-0.05, 0) is 24.6 Å². The van der Waals surface area contributed by atoms with Crippen LogP contribution in [0, 0.1) is 6.92 Å². The second-order valence-corrected chi connectivity index (χ2v) is 9.06. The third-order valence-electron chi connectivity index (χ3n) is 3.68. The quantitative estimate of drug-likeness (QED) is 0.696. The van der Waals surface area contributed by atoms with E-state index in [0.717, 1.165) is 27.7 Å². The first-order chi connectivity index (χ1) is 12.8. The summed E-state index contributed by atoms with van der Waals surface area (Å²) in [5.41, 5.74) is 0.927. The Morgan fingerprint density at radius 1 is 1.29 bits per heavy atom. The molecule has 1 N–H and O–H groups in total. The van der Waals surface area contributed by atoms with Crippen LogP contribution in [0.4, 0.5) is 18.9 Å². The van der Waals surface area contributed by atoms with Gasteiger partial charge in [0.05, 0.1) is 10.6 Å². The van der Waals surface area contributed by atoms with Crippen LogP contribution < -0.4 is 5.32 Å². The average Bonchev–Trinajstić information content (AvgIpc) is 2.95. The van der Waals surface area contributed by atoms with E-state index in [9.17, 15) is 26.4 Å². The maximum atomic E-state index is 12.7. The van der Waals surface area contributed by atoms with Crippen molar-refractivity contribution < 1.29 is 26.4 Å². The largest absolute Gasteiger partial charge is 0.451 e. The summed E-state index contributed by atoms with van der Waals surface area (Å²) in [5.74, 6) is -1.91. The summed E-state index contributed by atoms with van der Waals surface area (Å²) in [7, 11) is 0.258. The summed E-state index contributed by atoms with van der Waals surface area (Å²) in [6.07, 6.45) is -4.64. The Hall–Kier alpha value is -2.12. The van der Waals surface area contributed by atoms with Gasteiger partial charge in [-0.3, -0.25) is 4.79 Å². The average molecular weight is 437 g/mol. The fourth-order valence-electron chi connectivity index (χ4n) is 2.11. The summed E-state index contributed by atoms with van der Waals surface area (Å²) in [6, 6.07) is 4.31. The van der Waals surface area contributed by atoms with Crippen LogP contribution in [0.5, 0.6) is 0 Å². The molecule has 0 saturated carbocycles. The lowest BCUT2D eigenvalue weighted by Gasteiger charge is -2.14. The molecule has 8 nitrogen and oxygen atoms in total. The molecular formula is C15H18F3N5O3S2. The van der Waals surface area contributed by atoms with Crippen molar-refractivity contribution in [2.45, 2.75) is 23.2 Å². The summed E-state index contributed by atoms with van der Waals surface area (Å²) >= 11 is 0.783. The van der Waals surface area contributed by atoms with Gasteiger partial charge in [0.25, 0.3) is 0 Å². The Labute approximate surface area is 164 Å². The van der Waals surface area contributed by atoms with Gasteiger partial charge in [0, 0.05) is 26.8 Å². The second-order valence-electron chi connectivity index (χ2n) is 5.96. The van der Waals surface area contributed by atoms with Crippen molar-refractivity contribution in [2.24, 2.45) is 7.05 Å². The molecule has 0 unspecified atom stereocenters. The summed E-state index contributed by atoms with van der Waals surface area (Å²) in [4.78, 5) is 12.2. The first kappa shape index (κ1) is 22.2. The lowest BCUT2D eigenvalue weighted by Crippen LogP contribution is -2.22. The number of aryl methyl sites for hydroxylation is 1. The van der Waals surface area contributed by atoms with Gasteiger partial charge in [-0.15, -0.1) is 10.2 Å².